The molecule has 1 amide bonds. The van der Waals surface area contributed by atoms with Crippen molar-refractivity contribution in [2.45, 2.75) is 12.4 Å². The molecule has 1 unspecified atom stereocenters. The summed E-state index contributed by atoms with van der Waals surface area (Å²) in [6.07, 6.45) is -0.830. The van der Waals surface area contributed by atoms with Crippen molar-refractivity contribution in [2.24, 2.45) is 0 Å². The van der Waals surface area contributed by atoms with Crippen molar-refractivity contribution in [3.05, 3.63) is 130 Å². The van der Waals surface area contributed by atoms with E-state index in [-0.39, 0.29) is 28.7 Å². The predicted octanol–water partition coefficient (Wildman–Crippen LogP) is 8.27. The third kappa shape index (κ3) is 6.82. The Kier molecular flexibility index (Phi) is 8.55. The monoisotopic (exact) mass is 541 g/mol. The van der Waals surface area contributed by atoms with Gasteiger partial charge in [0.2, 0.25) is 0 Å². The lowest BCUT2D eigenvalue weighted by Crippen LogP contribution is -2.31. The Hall–Kier alpha value is -3.44. The fourth-order valence-electron chi connectivity index (χ4n) is 3.31. The van der Waals surface area contributed by atoms with Gasteiger partial charge in [-0.2, -0.15) is 0 Å². The SMILES string of the molecule is O=C(NC(c1ccc(Cl)cc1Cl)P(=O)(Oc1ccccc1)Oc1ccccc1)OCc1ccccc1. The number of carbonyl (C=O) groups excluding carboxylic acids is 1. The molecule has 0 bridgehead atoms. The summed E-state index contributed by atoms with van der Waals surface area (Å²) in [7, 11) is -4.23. The standard InChI is InChI=1S/C27H22Cl2NO5P/c28-21-16-17-24(25(29)18-21)26(30-27(31)33-19-20-10-4-1-5-11-20)36(32,34-22-12-6-2-7-13-22)35-23-14-8-3-9-15-23/h1-18,26H,19H2,(H,30,31). The third-order valence-corrected chi connectivity index (χ3v) is 7.53. The van der Waals surface area contributed by atoms with Gasteiger partial charge in [-0.05, 0) is 42.0 Å². The number of benzene rings is 4. The maximum Gasteiger partial charge on any atom is 0.457 e. The summed E-state index contributed by atoms with van der Waals surface area (Å²) in [6, 6.07) is 30.8. The number of carbonyl (C=O) groups is 1. The molecule has 4 aromatic carbocycles. The van der Waals surface area contributed by atoms with Gasteiger partial charge in [0.15, 0.2) is 5.78 Å². The van der Waals surface area contributed by atoms with Crippen molar-refractivity contribution in [1.82, 2.24) is 5.32 Å². The quantitative estimate of drug-likeness (QED) is 0.216. The van der Waals surface area contributed by atoms with Gasteiger partial charge in [0.05, 0.1) is 0 Å². The second-order valence-corrected chi connectivity index (χ2v) is 10.4. The van der Waals surface area contributed by atoms with Gasteiger partial charge < -0.3 is 19.1 Å². The Morgan fingerprint density at radius 3 is 1.83 bits per heavy atom. The van der Waals surface area contributed by atoms with E-state index in [9.17, 15) is 9.36 Å². The van der Waals surface area contributed by atoms with E-state index in [1.807, 2.05) is 30.3 Å². The van der Waals surface area contributed by atoms with Gasteiger partial charge >= 0.3 is 13.7 Å². The summed E-state index contributed by atoms with van der Waals surface area (Å²) >= 11 is 12.6. The highest BCUT2D eigenvalue weighted by Crippen LogP contribution is 2.60. The Labute approximate surface area is 219 Å². The van der Waals surface area contributed by atoms with Gasteiger partial charge in [-0.1, -0.05) is 96.0 Å². The first-order chi connectivity index (χ1) is 17.4. The van der Waals surface area contributed by atoms with Crippen molar-refractivity contribution >= 4 is 36.9 Å². The van der Waals surface area contributed by atoms with Crippen LogP contribution in [0.5, 0.6) is 11.5 Å². The van der Waals surface area contributed by atoms with Crippen LogP contribution in [-0.4, -0.2) is 6.09 Å². The molecule has 0 saturated heterocycles. The molecular weight excluding hydrogens is 520 g/mol. The Balaban J connectivity index is 1.70. The van der Waals surface area contributed by atoms with Gasteiger partial charge in [-0.25, -0.2) is 9.36 Å². The fourth-order valence-corrected chi connectivity index (χ4v) is 5.81. The lowest BCUT2D eigenvalue weighted by atomic mass is 10.2. The fraction of sp³-hybridized carbons (Fsp3) is 0.0741. The molecule has 184 valence electrons. The number of ether oxygens (including phenoxy) is 1. The molecule has 0 fully saturated rings. The van der Waals surface area contributed by atoms with Crippen molar-refractivity contribution < 1.29 is 23.1 Å². The van der Waals surface area contributed by atoms with Gasteiger partial charge in [0, 0.05) is 15.6 Å². The lowest BCUT2D eigenvalue weighted by Gasteiger charge is -2.28. The summed E-state index contributed by atoms with van der Waals surface area (Å²) < 4.78 is 31.8. The van der Waals surface area contributed by atoms with E-state index < -0.39 is 19.5 Å². The first kappa shape index (κ1) is 25.6. The molecular formula is C27H22Cl2NO5P. The van der Waals surface area contributed by atoms with E-state index >= 15 is 0 Å². The zero-order chi connectivity index (χ0) is 25.4. The minimum atomic E-state index is -4.23. The minimum absolute atomic E-state index is 0.0110. The summed E-state index contributed by atoms with van der Waals surface area (Å²) in [4.78, 5) is 12.9. The van der Waals surface area contributed by atoms with Gasteiger partial charge in [0.25, 0.3) is 0 Å². The number of rotatable bonds is 9. The number of halogens is 2. The maximum absolute atomic E-state index is 14.5. The van der Waals surface area contributed by atoms with Crippen LogP contribution in [0.2, 0.25) is 10.0 Å². The molecule has 6 nitrogen and oxygen atoms in total. The van der Waals surface area contributed by atoms with E-state index in [1.165, 1.54) is 6.07 Å². The summed E-state index contributed by atoms with van der Waals surface area (Å²) in [5.41, 5.74) is 1.07. The number of alkyl carbamates (subject to hydrolysis) is 1. The second-order valence-electron chi connectivity index (χ2n) is 7.62. The van der Waals surface area contributed by atoms with Crippen LogP contribution in [0.15, 0.2) is 109 Å². The number of hydrogen-bond acceptors (Lipinski definition) is 5. The van der Waals surface area contributed by atoms with Crippen molar-refractivity contribution in [1.29, 1.82) is 0 Å². The van der Waals surface area contributed by atoms with Crippen molar-refractivity contribution in [3.63, 3.8) is 0 Å². The average Bonchev–Trinajstić information content (AvgIpc) is 2.88. The van der Waals surface area contributed by atoms with Crippen LogP contribution in [0.4, 0.5) is 4.79 Å². The molecule has 0 aliphatic carbocycles. The van der Waals surface area contributed by atoms with E-state index in [2.05, 4.69) is 5.32 Å². The van der Waals surface area contributed by atoms with Crippen LogP contribution < -0.4 is 14.4 Å². The smallest absolute Gasteiger partial charge is 0.445 e. The normalized spacial score (nSPS) is 11.8. The molecule has 0 heterocycles. The van der Waals surface area contributed by atoms with Crippen LogP contribution in [0, 0.1) is 0 Å². The minimum Gasteiger partial charge on any atom is -0.445 e. The number of para-hydroxylation sites is 2. The van der Waals surface area contributed by atoms with E-state index in [1.54, 1.807) is 72.8 Å². The highest BCUT2D eigenvalue weighted by molar-refractivity contribution is 7.55. The first-order valence-corrected chi connectivity index (χ1v) is 13.3. The first-order valence-electron chi connectivity index (χ1n) is 10.9. The molecule has 36 heavy (non-hydrogen) atoms. The maximum atomic E-state index is 14.5. The van der Waals surface area contributed by atoms with Crippen LogP contribution in [0.1, 0.15) is 16.9 Å². The summed E-state index contributed by atoms with van der Waals surface area (Å²) in [6.45, 7) is 0.0110. The zero-order valence-corrected chi connectivity index (χ0v) is 21.3. The van der Waals surface area contributed by atoms with E-state index in [0.29, 0.717) is 5.02 Å². The Morgan fingerprint density at radius 1 is 0.778 bits per heavy atom. The average molecular weight is 542 g/mol. The molecule has 1 atom stereocenters. The molecule has 0 saturated carbocycles. The number of amides is 1. The molecule has 4 rings (SSSR count). The molecule has 1 N–H and O–H groups in total. The molecule has 0 spiro atoms. The Morgan fingerprint density at radius 2 is 1.31 bits per heavy atom. The zero-order valence-electron chi connectivity index (χ0n) is 18.9. The molecule has 0 radical (unpaired) electrons. The summed E-state index contributed by atoms with van der Waals surface area (Å²) in [5, 5.41) is 3.19. The van der Waals surface area contributed by atoms with Crippen LogP contribution in [-0.2, 0) is 15.9 Å². The second kappa shape index (κ2) is 12.0. The molecule has 4 aromatic rings. The Bertz CT molecular complexity index is 1290. The van der Waals surface area contributed by atoms with Gasteiger partial charge in [0.1, 0.15) is 18.1 Å². The number of nitrogens with one attached hydrogen (secondary N) is 1. The topological polar surface area (TPSA) is 73.9 Å². The van der Waals surface area contributed by atoms with Crippen LogP contribution in [0.3, 0.4) is 0 Å². The highest BCUT2D eigenvalue weighted by Gasteiger charge is 2.43. The van der Waals surface area contributed by atoms with Gasteiger partial charge in [-0.15, -0.1) is 0 Å². The molecule has 0 aromatic heterocycles. The molecule has 0 aliphatic heterocycles. The number of hydrogen-bond donors (Lipinski definition) is 1. The summed E-state index contributed by atoms with van der Waals surface area (Å²) in [5.74, 6) is -0.761. The molecule has 9 heteroatoms. The highest BCUT2D eigenvalue weighted by atomic mass is 35.5. The predicted molar refractivity (Wildman–Crippen MR) is 141 cm³/mol. The van der Waals surface area contributed by atoms with Crippen LogP contribution >= 0.6 is 30.8 Å². The van der Waals surface area contributed by atoms with Crippen molar-refractivity contribution in [3.8, 4) is 11.5 Å². The van der Waals surface area contributed by atoms with E-state index in [4.69, 9.17) is 37.0 Å². The van der Waals surface area contributed by atoms with Crippen LogP contribution in [0.25, 0.3) is 0 Å². The lowest BCUT2D eigenvalue weighted by molar-refractivity contribution is 0.137. The largest absolute Gasteiger partial charge is 0.457 e. The third-order valence-electron chi connectivity index (χ3n) is 4.99. The molecule has 0 aliphatic rings. The van der Waals surface area contributed by atoms with Gasteiger partial charge in [-0.3, -0.25) is 0 Å². The van der Waals surface area contributed by atoms with Crippen molar-refractivity contribution in [2.75, 3.05) is 0 Å². The van der Waals surface area contributed by atoms with E-state index in [0.717, 1.165) is 5.56 Å².